The van der Waals surface area contributed by atoms with Gasteiger partial charge in [0.05, 0.1) is 5.02 Å². The number of benzene rings is 1. The Kier molecular flexibility index (Phi) is 3.96. The summed E-state index contributed by atoms with van der Waals surface area (Å²) in [6.07, 6.45) is 0. The lowest BCUT2D eigenvalue weighted by atomic mass is 10.3. The molecule has 0 amide bonds. The highest BCUT2D eigenvalue weighted by Gasteiger charge is 2.08. The van der Waals surface area contributed by atoms with Crippen molar-refractivity contribution >= 4 is 27.5 Å². The van der Waals surface area contributed by atoms with Gasteiger partial charge in [0, 0.05) is 17.6 Å². The zero-order valence-corrected chi connectivity index (χ0v) is 9.15. The van der Waals surface area contributed by atoms with Crippen molar-refractivity contribution in [1.29, 1.82) is 0 Å². The summed E-state index contributed by atoms with van der Waals surface area (Å²) in [6, 6.07) is 2.47. The van der Waals surface area contributed by atoms with Gasteiger partial charge in [-0.05, 0) is 22.0 Å². The Morgan fingerprint density at radius 1 is 1.54 bits per heavy atom. The molecular formula is C8H7BrClFO2. The maximum atomic E-state index is 12.8. The summed E-state index contributed by atoms with van der Waals surface area (Å²) in [7, 11) is 1.47. The molecule has 1 rings (SSSR count). The van der Waals surface area contributed by atoms with E-state index >= 15 is 0 Å². The van der Waals surface area contributed by atoms with Crippen LogP contribution in [0.5, 0.6) is 5.75 Å². The van der Waals surface area contributed by atoms with E-state index in [0.717, 1.165) is 0 Å². The molecular weight excluding hydrogens is 262 g/mol. The molecule has 0 unspecified atom stereocenters. The van der Waals surface area contributed by atoms with Crippen molar-refractivity contribution in [2.45, 2.75) is 0 Å². The quantitative estimate of drug-likeness (QED) is 0.619. The lowest BCUT2D eigenvalue weighted by Crippen LogP contribution is -1.99. The number of halogens is 3. The molecule has 0 aliphatic heterocycles. The standard InChI is InChI=1S/C8H7BrClFO2/c1-12-4-13-7-3-5(11)2-6(9)8(7)10/h2-3H,4H2,1H3. The summed E-state index contributed by atoms with van der Waals surface area (Å²) < 4.78 is 23.0. The Bertz CT molecular complexity index is 306. The maximum Gasteiger partial charge on any atom is 0.188 e. The van der Waals surface area contributed by atoms with Crippen molar-refractivity contribution in [3.05, 3.63) is 27.4 Å². The van der Waals surface area contributed by atoms with Gasteiger partial charge < -0.3 is 9.47 Å². The average molecular weight is 269 g/mol. The molecule has 0 heterocycles. The van der Waals surface area contributed by atoms with Gasteiger partial charge in [-0.15, -0.1) is 0 Å². The fourth-order valence-corrected chi connectivity index (χ4v) is 1.34. The molecule has 0 aliphatic rings. The predicted octanol–water partition coefficient (Wildman–Crippen LogP) is 3.22. The molecule has 1 aromatic carbocycles. The van der Waals surface area contributed by atoms with E-state index in [2.05, 4.69) is 20.7 Å². The van der Waals surface area contributed by atoms with Crippen LogP contribution in [0.4, 0.5) is 4.39 Å². The highest BCUT2D eigenvalue weighted by Crippen LogP contribution is 2.33. The van der Waals surface area contributed by atoms with Gasteiger partial charge in [-0.1, -0.05) is 11.6 Å². The minimum atomic E-state index is -0.414. The molecule has 72 valence electrons. The summed E-state index contributed by atoms with van der Waals surface area (Å²) in [6.45, 7) is 0.0373. The van der Waals surface area contributed by atoms with Crippen LogP contribution in [0.2, 0.25) is 5.02 Å². The molecule has 0 N–H and O–H groups in total. The number of hydrogen-bond acceptors (Lipinski definition) is 2. The summed E-state index contributed by atoms with van der Waals surface area (Å²) in [5, 5.41) is 0.332. The zero-order chi connectivity index (χ0) is 9.84. The van der Waals surface area contributed by atoms with E-state index < -0.39 is 5.82 Å². The molecule has 0 atom stereocenters. The number of rotatable bonds is 3. The van der Waals surface area contributed by atoms with E-state index in [1.54, 1.807) is 0 Å². The van der Waals surface area contributed by atoms with Crippen molar-refractivity contribution in [1.82, 2.24) is 0 Å². The van der Waals surface area contributed by atoms with Crippen LogP contribution in [0.1, 0.15) is 0 Å². The highest BCUT2D eigenvalue weighted by atomic mass is 79.9. The van der Waals surface area contributed by atoms with Crippen LogP contribution in [0.25, 0.3) is 0 Å². The fourth-order valence-electron chi connectivity index (χ4n) is 0.760. The first-order valence-corrected chi connectivity index (χ1v) is 4.58. The van der Waals surface area contributed by atoms with Crippen LogP contribution in [-0.4, -0.2) is 13.9 Å². The normalized spacial score (nSPS) is 10.2. The summed E-state index contributed by atoms with van der Waals surface area (Å²) >= 11 is 8.90. The van der Waals surface area contributed by atoms with Crippen LogP contribution in [0.15, 0.2) is 16.6 Å². The van der Waals surface area contributed by atoms with Crippen LogP contribution < -0.4 is 4.74 Å². The van der Waals surface area contributed by atoms with Gasteiger partial charge in [0.2, 0.25) is 0 Å². The Morgan fingerprint density at radius 3 is 2.85 bits per heavy atom. The highest BCUT2D eigenvalue weighted by molar-refractivity contribution is 9.10. The third-order valence-electron chi connectivity index (χ3n) is 1.29. The first kappa shape index (κ1) is 10.8. The molecule has 0 aromatic heterocycles. The van der Waals surface area contributed by atoms with Crippen LogP contribution >= 0.6 is 27.5 Å². The third-order valence-corrected chi connectivity index (χ3v) is 2.54. The van der Waals surface area contributed by atoms with E-state index in [-0.39, 0.29) is 12.5 Å². The summed E-state index contributed by atoms with van der Waals surface area (Å²) in [5.74, 6) is -0.155. The minimum Gasteiger partial charge on any atom is -0.466 e. The van der Waals surface area contributed by atoms with Gasteiger partial charge in [0.1, 0.15) is 11.6 Å². The van der Waals surface area contributed by atoms with Gasteiger partial charge in [-0.2, -0.15) is 0 Å². The van der Waals surface area contributed by atoms with E-state index in [4.69, 9.17) is 16.3 Å². The molecule has 0 bridgehead atoms. The Balaban J connectivity index is 2.92. The second kappa shape index (κ2) is 4.79. The number of hydrogen-bond donors (Lipinski definition) is 0. The molecule has 13 heavy (non-hydrogen) atoms. The van der Waals surface area contributed by atoms with E-state index in [0.29, 0.717) is 9.50 Å². The Morgan fingerprint density at radius 2 is 2.23 bits per heavy atom. The molecule has 5 heteroatoms. The number of ether oxygens (including phenoxy) is 2. The van der Waals surface area contributed by atoms with Crippen LogP contribution in [0, 0.1) is 5.82 Å². The first-order valence-electron chi connectivity index (χ1n) is 3.41. The lowest BCUT2D eigenvalue weighted by Gasteiger charge is -2.07. The second-order valence-corrected chi connectivity index (χ2v) is 3.48. The van der Waals surface area contributed by atoms with Crippen molar-refractivity contribution in [2.75, 3.05) is 13.9 Å². The molecule has 2 nitrogen and oxygen atoms in total. The Hall–Kier alpha value is -0.320. The molecule has 0 aliphatic carbocycles. The topological polar surface area (TPSA) is 18.5 Å². The van der Waals surface area contributed by atoms with Gasteiger partial charge in [-0.25, -0.2) is 4.39 Å². The number of methoxy groups -OCH3 is 1. The van der Waals surface area contributed by atoms with E-state index in [1.807, 2.05) is 0 Å². The van der Waals surface area contributed by atoms with Crippen molar-refractivity contribution < 1.29 is 13.9 Å². The van der Waals surface area contributed by atoms with Crippen molar-refractivity contribution in [3.8, 4) is 5.75 Å². The largest absolute Gasteiger partial charge is 0.466 e. The smallest absolute Gasteiger partial charge is 0.188 e. The van der Waals surface area contributed by atoms with E-state index in [9.17, 15) is 4.39 Å². The first-order chi connectivity index (χ1) is 6.15. The van der Waals surface area contributed by atoms with Crippen LogP contribution in [-0.2, 0) is 4.74 Å². The third kappa shape index (κ3) is 2.83. The molecule has 0 spiro atoms. The SMILES string of the molecule is COCOc1cc(F)cc(Br)c1Cl. The van der Waals surface area contributed by atoms with E-state index in [1.165, 1.54) is 19.2 Å². The molecule has 0 saturated carbocycles. The summed E-state index contributed by atoms with van der Waals surface area (Å²) in [5.41, 5.74) is 0. The fraction of sp³-hybridized carbons (Fsp3) is 0.250. The van der Waals surface area contributed by atoms with Gasteiger partial charge in [-0.3, -0.25) is 0 Å². The average Bonchev–Trinajstić information content (AvgIpc) is 2.09. The predicted molar refractivity (Wildman–Crippen MR) is 51.6 cm³/mol. The molecule has 1 aromatic rings. The van der Waals surface area contributed by atoms with Gasteiger partial charge >= 0.3 is 0 Å². The molecule has 0 saturated heterocycles. The van der Waals surface area contributed by atoms with Gasteiger partial charge in [0.15, 0.2) is 6.79 Å². The van der Waals surface area contributed by atoms with Crippen LogP contribution in [0.3, 0.4) is 0 Å². The van der Waals surface area contributed by atoms with Crippen molar-refractivity contribution in [2.24, 2.45) is 0 Å². The van der Waals surface area contributed by atoms with Gasteiger partial charge in [0.25, 0.3) is 0 Å². The Labute approximate surface area is 88.7 Å². The zero-order valence-electron chi connectivity index (χ0n) is 6.81. The minimum absolute atomic E-state index is 0.0373. The monoisotopic (exact) mass is 268 g/mol. The lowest BCUT2D eigenvalue weighted by molar-refractivity contribution is 0.0509. The summed E-state index contributed by atoms with van der Waals surface area (Å²) in [4.78, 5) is 0. The van der Waals surface area contributed by atoms with Crippen molar-refractivity contribution in [3.63, 3.8) is 0 Å². The molecule has 0 radical (unpaired) electrons. The second-order valence-electron chi connectivity index (χ2n) is 2.25. The molecule has 0 fully saturated rings. The maximum absolute atomic E-state index is 12.8.